The predicted molar refractivity (Wildman–Crippen MR) is 92.8 cm³/mol. The minimum absolute atomic E-state index is 0.603. The number of hydrogen-bond donors (Lipinski definition) is 1. The second-order valence-corrected chi connectivity index (χ2v) is 6.92. The molecule has 1 aromatic heterocycles. The average molecular weight is 354 g/mol. The number of nitrogens with one attached hydrogen (secondary N) is 1. The van der Waals surface area contributed by atoms with Crippen LogP contribution in [0, 0.1) is 0 Å². The largest absolute Gasteiger partial charge is 0.370 e. The molecular weight excluding hydrogens is 326 g/mol. The first-order valence-electron chi connectivity index (χ1n) is 8.58. The van der Waals surface area contributed by atoms with Gasteiger partial charge in [-0.1, -0.05) is 51.9 Å². The Kier molecular flexibility index (Phi) is 7.48. The summed E-state index contributed by atoms with van der Waals surface area (Å²) < 4.78 is 0.901. The maximum absolute atomic E-state index is 4.61. The normalized spacial score (nSPS) is 14.4. The van der Waals surface area contributed by atoms with E-state index in [0.717, 1.165) is 22.8 Å². The summed E-state index contributed by atoms with van der Waals surface area (Å²) in [6.07, 6.45) is 13.3. The number of halogens is 1. The molecule has 1 heterocycles. The van der Waals surface area contributed by atoms with Gasteiger partial charge in [0.05, 0.1) is 0 Å². The number of unbranched alkanes of at least 4 members (excludes halogenated alkanes) is 7. The van der Waals surface area contributed by atoms with Crippen molar-refractivity contribution in [3.8, 4) is 0 Å². The van der Waals surface area contributed by atoms with E-state index < -0.39 is 0 Å². The fraction of sp³-hybridized carbons (Fsp3) is 0.765. The molecule has 0 aromatic carbocycles. The lowest BCUT2D eigenvalue weighted by molar-refractivity contribution is 0.581. The smallest absolute Gasteiger partial charge is 0.135 e. The molecule has 1 N–H and O–H groups in total. The molecule has 0 amide bonds. The van der Waals surface area contributed by atoms with Crippen molar-refractivity contribution in [2.24, 2.45) is 0 Å². The molecule has 0 spiro atoms. The first-order chi connectivity index (χ1) is 10.3. The van der Waals surface area contributed by atoms with Crippen LogP contribution in [0.25, 0.3) is 0 Å². The average Bonchev–Trinajstić information content (AvgIpc) is 3.29. The molecular formula is C17H28BrN3. The number of nitrogens with zero attached hydrogens (tertiary/aromatic N) is 2. The van der Waals surface area contributed by atoms with E-state index in [9.17, 15) is 0 Å². The quantitative estimate of drug-likeness (QED) is 0.411. The summed E-state index contributed by atoms with van der Waals surface area (Å²) in [5, 5.41) is 3.44. The van der Waals surface area contributed by atoms with Crippen molar-refractivity contribution in [1.29, 1.82) is 0 Å². The molecule has 0 saturated heterocycles. The Hall–Kier alpha value is -0.640. The van der Waals surface area contributed by atoms with Crippen molar-refractivity contribution >= 4 is 21.7 Å². The van der Waals surface area contributed by atoms with Gasteiger partial charge in [-0.25, -0.2) is 9.97 Å². The Labute approximate surface area is 137 Å². The highest BCUT2D eigenvalue weighted by atomic mass is 79.9. The van der Waals surface area contributed by atoms with Crippen molar-refractivity contribution in [2.45, 2.75) is 77.0 Å². The van der Waals surface area contributed by atoms with Gasteiger partial charge in [0.15, 0.2) is 0 Å². The monoisotopic (exact) mass is 353 g/mol. The van der Waals surface area contributed by atoms with Gasteiger partial charge in [-0.05, 0) is 35.2 Å². The van der Waals surface area contributed by atoms with E-state index in [1.54, 1.807) is 0 Å². The third-order valence-electron chi connectivity index (χ3n) is 3.99. The van der Waals surface area contributed by atoms with Crippen LogP contribution in [0.5, 0.6) is 0 Å². The Morgan fingerprint density at radius 1 is 1.05 bits per heavy atom. The van der Waals surface area contributed by atoms with Crippen LogP contribution >= 0.6 is 15.9 Å². The van der Waals surface area contributed by atoms with E-state index in [1.807, 2.05) is 6.07 Å². The van der Waals surface area contributed by atoms with Crippen LogP contribution in [-0.2, 0) is 0 Å². The molecule has 2 rings (SSSR count). The minimum Gasteiger partial charge on any atom is -0.370 e. The first kappa shape index (κ1) is 16.7. The van der Waals surface area contributed by atoms with Gasteiger partial charge in [-0.2, -0.15) is 0 Å². The first-order valence-corrected chi connectivity index (χ1v) is 9.37. The van der Waals surface area contributed by atoms with Crippen molar-refractivity contribution in [3.05, 3.63) is 16.5 Å². The summed E-state index contributed by atoms with van der Waals surface area (Å²) >= 11 is 3.48. The zero-order valence-electron chi connectivity index (χ0n) is 13.2. The molecule has 0 aliphatic heterocycles. The molecule has 1 aliphatic carbocycles. The van der Waals surface area contributed by atoms with Crippen LogP contribution in [0.2, 0.25) is 0 Å². The van der Waals surface area contributed by atoms with E-state index >= 15 is 0 Å². The van der Waals surface area contributed by atoms with Crippen LogP contribution < -0.4 is 5.32 Å². The second kappa shape index (κ2) is 9.39. The molecule has 0 radical (unpaired) electrons. The third-order valence-corrected chi connectivity index (χ3v) is 4.40. The molecule has 3 nitrogen and oxygen atoms in total. The Bertz CT molecular complexity index is 418. The Morgan fingerprint density at radius 3 is 2.38 bits per heavy atom. The summed E-state index contributed by atoms with van der Waals surface area (Å²) in [5.41, 5.74) is 0. The summed E-state index contributed by atoms with van der Waals surface area (Å²) in [4.78, 5) is 9.07. The van der Waals surface area contributed by atoms with Crippen LogP contribution in [-0.4, -0.2) is 16.5 Å². The minimum atomic E-state index is 0.603. The Morgan fingerprint density at radius 2 is 1.71 bits per heavy atom. The SMILES string of the molecule is CCCCCCCCCCNc1cc(Br)nc(C2CC2)n1. The van der Waals surface area contributed by atoms with Crippen molar-refractivity contribution in [1.82, 2.24) is 9.97 Å². The summed E-state index contributed by atoms with van der Waals surface area (Å²) in [7, 11) is 0. The van der Waals surface area contributed by atoms with Crippen LogP contribution in [0.1, 0.15) is 82.9 Å². The Balaban J connectivity index is 1.56. The van der Waals surface area contributed by atoms with Gasteiger partial charge in [-0.15, -0.1) is 0 Å². The topological polar surface area (TPSA) is 37.8 Å². The maximum atomic E-state index is 4.61. The van der Waals surface area contributed by atoms with E-state index in [0.29, 0.717) is 5.92 Å². The molecule has 0 atom stereocenters. The maximum Gasteiger partial charge on any atom is 0.135 e. The molecule has 118 valence electrons. The van der Waals surface area contributed by atoms with Gasteiger partial charge < -0.3 is 5.32 Å². The van der Waals surface area contributed by atoms with E-state index in [1.165, 1.54) is 64.2 Å². The highest BCUT2D eigenvalue weighted by Crippen LogP contribution is 2.38. The lowest BCUT2D eigenvalue weighted by Gasteiger charge is -2.07. The van der Waals surface area contributed by atoms with Gasteiger partial charge in [0, 0.05) is 18.5 Å². The molecule has 1 aromatic rings. The standard InChI is InChI=1S/C17H28BrN3/c1-2-3-4-5-6-7-8-9-12-19-16-13-15(18)20-17(21-16)14-10-11-14/h13-14H,2-12H2,1H3,(H,19,20,21). The number of anilines is 1. The van der Waals surface area contributed by atoms with Crippen LogP contribution in [0.3, 0.4) is 0 Å². The zero-order chi connectivity index (χ0) is 14.9. The van der Waals surface area contributed by atoms with Crippen molar-refractivity contribution in [3.63, 3.8) is 0 Å². The lowest BCUT2D eigenvalue weighted by atomic mass is 10.1. The molecule has 4 heteroatoms. The molecule has 21 heavy (non-hydrogen) atoms. The van der Waals surface area contributed by atoms with Gasteiger partial charge in [0.2, 0.25) is 0 Å². The zero-order valence-corrected chi connectivity index (χ0v) is 14.8. The van der Waals surface area contributed by atoms with Gasteiger partial charge >= 0.3 is 0 Å². The van der Waals surface area contributed by atoms with Gasteiger partial charge in [-0.3, -0.25) is 0 Å². The van der Waals surface area contributed by atoms with Crippen molar-refractivity contribution in [2.75, 3.05) is 11.9 Å². The number of hydrogen-bond acceptors (Lipinski definition) is 3. The predicted octanol–water partition coefficient (Wildman–Crippen LogP) is 5.67. The number of aromatic nitrogens is 2. The molecule has 0 bridgehead atoms. The summed E-state index contributed by atoms with van der Waals surface area (Å²) in [5.74, 6) is 2.58. The number of rotatable bonds is 11. The van der Waals surface area contributed by atoms with Crippen molar-refractivity contribution < 1.29 is 0 Å². The van der Waals surface area contributed by atoms with Crippen LogP contribution in [0.15, 0.2) is 10.7 Å². The van der Waals surface area contributed by atoms with E-state index in [4.69, 9.17) is 0 Å². The summed E-state index contributed by atoms with van der Waals surface area (Å²) in [6.45, 7) is 3.29. The van der Waals surface area contributed by atoms with E-state index in [2.05, 4.69) is 38.1 Å². The highest BCUT2D eigenvalue weighted by Gasteiger charge is 2.27. The molecule has 1 fully saturated rings. The lowest BCUT2D eigenvalue weighted by Crippen LogP contribution is -2.05. The second-order valence-electron chi connectivity index (χ2n) is 6.11. The van der Waals surface area contributed by atoms with E-state index in [-0.39, 0.29) is 0 Å². The molecule has 0 unspecified atom stereocenters. The van der Waals surface area contributed by atoms with Gasteiger partial charge in [0.25, 0.3) is 0 Å². The third kappa shape index (κ3) is 6.77. The summed E-state index contributed by atoms with van der Waals surface area (Å²) in [6, 6.07) is 1.98. The molecule has 1 saturated carbocycles. The fourth-order valence-electron chi connectivity index (χ4n) is 2.53. The molecule has 1 aliphatic rings. The van der Waals surface area contributed by atoms with Gasteiger partial charge in [0.1, 0.15) is 16.2 Å². The highest BCUT2D eigenvalue weighted by molar-refractivity contribution is 9.10. The van der Waals surface area contributed by atoms with Crippen LogP contribution in [0.4, 0.5) is 5.82 Å². The fourth-order valence-corrected chi connectivity index (χ4v) is 2.92.